The van der Waals surface area contributed by atoms with Gasteiger partial charge in [0.25, 0.3) is 0 Å². The van der Waals surface area contributed by atoms with E-state index in [0.717, 1.165) is 44.0 Å². The first kappa shape index (κ1) is 20.7. The average molecular weight is 425 g/mol. The lowest BCUT2D eigenvalue weighted by atomic mass is 10.1. The van der Waals surface area contributed by atoms with Gasteiger partial charge >= 0.3 is 0 Å². The van der Waals surface area contributed by atoms with Crippen LogP contribution in [0.3, 0.4) is 0 Å². The van der Waals surface area contributed by atoms with Crippen LogP contribution in [0.4, 0.5) is 11.4 Å². The molecule has 6 nitrogen and oxygen atoms in total. The number of hydrogen-bond acceptors (Lipinski definition) is 5. The third kappa shape index (κ3) is 5.11. The lowest BCUT2D eigenvalue weighted by Crippen LogP contribution is -2.47. The molecule has 3 heterocycles. The van der Waals surface area contributed by atoms with E-state index in [1.807, 2.05) is 42.0 Å². The first-order valence-corrected chi connectivity index (χ1v) is 11.3. The zero-order valence-electron chi connectivity index (χ0n) is 17.0. The van der Waals surface area contributed by atoms with Crippen LogP contribution < -0.4 is 10.2 Å². The molecule has 0 bridgehead atoms. The van der Waals surface area contributed by atoms with E-state index in [9.17, 15) is 4.79 Å². The quantitative estimate of drug-likeness (QED) is 0.583. The molecule has 0 spiro atoms. The van der Waals surface area contributed by atoms with Crippen LogP contribution in [0, 0.1) is 0 Å². The Morgan fingerprint density at radius 2 is 1.80 bits per heavy atom. The van der Waals surface area contributed by atoms with Crippen LogP contribution >= 0.6 is 11.3 Å². The number of nitrogens with zero attached hydrogens (tertiary/aromatic N) is 3. The highest BCUT2D eigenvalue weighted by molar-refractivity contribution is 7.08. The van der Waals surface area contributed by atoms with Crippen molar-refractivity contribution in [2.45, 2.75) is 12.5 Å². The Balaban J connectivity index is 1.34. The van der Waals surface area contributed by atoms with E-state index in [1.165, 1.54) is 5.69 Å². The van der Waals surface area contributed by atoms with E-state index < -0.39 is 0 Å². The maximum Gasteiger partial charge on any atom is 0.226 e. The monoisotopic (exact) mass is 424 g/mol. The minimum absolute atomic E-state index is 0.000685. The summed E-state index contributed by atoms with van der Waals surface area (Å²) < 4.78 is 2.08. The Labute approximate surface area is 181 Å². The lowest BCUT2D eigenvalue weighted by molar-refractivity contribution is -0.116. The van der Waals surface area contributed by atoms with E-state index in [2.05, 4.69) is 43.3 Å². The Morgan fingerprint density at radius 3 is 2.43 bits per heavy atom. The van der Waals surface area contributed by atoms with Crippen molar-refractivity contribution in [2.75, 3.05) is 49.5 Å². The molecule has 1 atom stereocenters. The molecule has 0 aliphatic carbocycles. The predicted molar refractivity (Wildman–Crippen MR) is 122 cm³/mol. The van der Waals surface area contributed by atoms with Gasteiger partial charge in [-0.1, -0.05) is 0 Å². The summed E-state index contributed by atoms with van der Waals surface area (Å²) in [5, 5.41) is 16.3. The van der Waals surface area contributed by atoms with Crippen LogP contribution in [0.15, 0.2) is 65.6 Å². The van der Waals surface area contributed by atoms with Gasteiger partial charge in [-0.25, -0.2) is 0 Å². The van der Waals surface area contributed by atoms with Crippen LogP contribution in [0.2, 0.25) is 0 Å². The van der Waals surface area contributed by atoms with Gasteiger partial charge in [-0.2, -0.15) is 11.3 Å². The highest BCUT2D eigenvalue weighted by Gasteiger charge is 2.19. The molecule has 1 fully saturated rings. The zero-order valence-corrected chi connectivity index (χ0v) is 17.8. The number of thiophene rings is 1. The molecule has 158 valence electrons. The summed E-state index contributed by atoms with van der Waals surface area (Å²) in [4.78, 5) is 17.4. The van der Waals surface area contributed by atoms with Gasteiger partial charge in [-0.3, -0.25) is 9.69 Å². The number of benzene rings is 1. The van der Waals surface area contributed by atoms with Crippen molar-refractivity contribution in [3.8, 4) is 0 Å². The van der Waals surface area contributed by atoms with Gasteiger partial charge in [0.2, 0.25) is 5.91 Å². The van der Waals surface area contributed by atoms with Gasteiger partial charge in [0.05, 0.1) is 19.1 Å². The van der Waals surface area contributed by atoms with E-state index in [-0.39, 0.29) is 18.6 Å². The van der Waals surface area contributed by atoms with Gasteiger partial charge < -0.3 is 19.9 Å². The van der Waals surface area contributed by atoms with Crippen LogP contribution in [0.1, 0.15) is 18.0 Å². The number of anilines is 2. The van der Waals surface area contributed by atoms with Crippen molar-refractivity contribution >= 4 is 28.6 Å². The molecule has 0 radical (unpaired) electrons. The summed E-state index contributed by atoms with van der Waals surface area (Å²) in [6.07, 6.45) is 4.40. The maximum absolute atomic E-state index is 12.7. The normalized spacial score (nSPS) is 15.8. The number of rotatable bonds is 8. The summed E-state index contributed by atoms with van der Waals surface area (Å²) in [5.74, 6) is 0.00488. The van der Waals surface area contributed by atoms with Gasteiger partial charge in [0.15, 0.2) is 0 Å². The lowest BCUT2D eigenvalue weighted by Gasteiger charge is -2.35. The first-order valence-electron chi connectivity index (χ1n) is 10.4. The second-order valence-electron chi connectivity index (χ2n) is 7.55. The molecule has 2 aromatic heterocycles. The fourth-order valence-corrected chi connectivity index (χ4v) is 4.64. The van der Waals surface area contributed by atoms with E-state index in [0.29, 0.717) is 6.42 Å². The molecule has 0 saturated carbocycles. The molecule has 1 aliphatic rings. The minimum atomic E-state index is 0.000685. The number of carbonyl (C=O) groups excluding carboxylic acids is 1. The van der Waals surface area contributed by atoms with Crippen molar-refractivity contribution in [3.63, 3.8) is 0 Å². The zero-order chi connectivity index (χ0) is 20.8. The molecular weight excluding hydrogens is 396 g/mol. The van der Waals surface area contributed by atoms with Crippen LogP contribution in [0.25, 0.3) is 0 Å². The van der Waals surface area contributed by atoms with Crippen LogP contribution in [-0.4, -0.2) is 59.8 Å². The van der Waals surface area contributed by atoms with Gasteiger partial charge in [-0.15, -0.1) is 0 Å². The van der Waals surface area contributed by atoms with Crippen molar-refractivity contribution < 1.29 is 9.90 Å². The summed E-state index contributed by atoms with van der Waals surface area (Å²) in [6, 6.07) is 14.1. The fraction of sp³-hybridized carbons (Fsp3) is 0.348. The molecule has 30 heavy (non-hydrogen) atoms. The highest BCUT2D eigenvalue weighted by Crippen LogP contribution is 2.26. The van der Waals surface area contributed by atoms with Crippen LogP contribution in [-0.2, 0) is 4.79 Å². The molecule has 0 unspecified atom stereocenters. The molecule has 1 aromatic carbocycles. The third-order valence-electron chi connectivity index (χ3n) is 5.60. The Morgan fingerprint density at radius 1 is 1.07 bits per heavy atom. The largest absolute Gasteiger partial charge is 0.395 e. The number of aromatic nitrogens is 1. The van der Waals surface area contributed by atoms with E-state index in [1.54, 1.807) is 11.3 Å². The molecule has 1 amide bonds. The van der Waals surface area contributed by atoms with E-state index >= 15 is 0 Å². The molecule has 7 heteroatoms. The van der Waals surface area contributed by atoms with Crippen molar-refractivity contribution in [1.29, 1.82) is 0 Å². The number of hydrogen-bond donors (Lipinski definition) is 2. The second-order valence-corrected chi connectivity index (χ2v) is 8.33. The number of carbonyl (C=O) groups is 1. The maximum atomic E-state index is 12.7. The molecule has 1 aliphatic heterocycles. The second kappa shape index (κ2) is 9.93. The highest BCUT2D eigenvalue weighted by atomic mass is 32.1. The van der Waals surface area contributed by atoms with Crippen molar-refractivity contribution in [1.82, 2.24) is 9.47 Å². The van der Waals surface area contributed by atoms with Crippen molar-refractivity contribution in [2.24, 2.45) is 0 Å². The third-order valence-corrected chi connectivity index (χ3v) is 6.30. The number of aliphatic hydroxyl groups is 1. The summed E-state index contributed by atoms with van der Waals surface area (Å²) in [5.41, 5.74) is 3.14. The fourth-order valence-electron chi connectivity index (χ4n) is 3.93. The summed E-state index contributed by atoms with van der Waals surface area (Å²) in [6.45, 7) is 4.78. The Hall–Kier alpha value is -2.61. The molecule has 4 rings (SSSR count). The Bertz CT molecular complexity index is 867. The topological polar surface area (TPSA) is 60.7 Å². The minimum Gasteiger partial charge on any atom is -0.395 e. The number of amides is 1. The average Bonchev–Trinajstić information content (AvgIpc) is 3.48. The molecular formula is C23H28N4O2S. The molecule has 1 saturated heterocycles. The van der Waals surface area contributed by atoms with Gasteiger partial charge in [0, 0.05) is 56.5 Å². The van der Waals surface area contributed by atoms with Crippen molar-refractivity contribution in [3.05, 3.63) is 71.2 Å². The van der Waals surface area contributed by atoms with Crippen LogP contribution in [0.5, 0.6) is 0 Å². The number of aliphatic hydroxyl groups excluding tert-OH is 1. The van der Waals surface area contributed by atoms with Gasteiger partial charge in [-0.05, 0) is 58.8 Å². The number of piperazine rings is 1. The summed E-state index contributed by atoms with van der Waals surface area (Å²) in [7, 11) is 0. The molecule has 3 aromatic rings. The van der Waals surface area contributed by atoms with Gasteiger partial charge in [0.1, 0.15) is 0 Å². The smallest absolute Gasteiger partial charge is 0.226 e. The molecule has 2 N–H and O–H groups in total. The first-order chi connectivity index (χ1) is 14.7. The SMILES string of the molecule is O=C(C[C@@H](c1ccsc1)n1cccc1)Nc1ccc(N2CCN(CCO)CC2)cc1. The van der Waals surface area contributed by atoms with E-state index in [4.69, 9.17) is 5.11 Å². The summed E-state index contributed by atoms with van der Waals surface area (Å²) >= 11 is 1.65. The predicted octanol–water partition coefficient (Wildman–Crippen LogP) is 3.28. The number of β-amino-alcohol motifs (C(OH)–C–C–N with tert-alkyl or cyclic N) is 1. The Kier molecular flexibility index (Phi) is 6.84. The number of nitrogens with one attached hydrogen (secondary N) is 1. The standard InChI is InChI=1S/C23H28N4O2S/c28-15-14-25-10-12-26(13-11-25)21-5-3-20(4-6-21)24-23(29)17-22(19-7-16-30-18-19)27-8-1-2-9-27/h1-9,16,18,22,28H,10-15,17H2,(H,24,29)/t22-/m0/s1.